The van der Waals surface area contributed by atoms with Gasteiger partial charge < -0.3 is 0 Å². The fourth-order valence-electron chi connectivity index (χ4n) is 4.34. The Morgan fingerprint density at radius 1 is 0.759 bits per heavy atom. The average molecular weight is 415 g/mol. The van der Waals surface area contributed by atoms with E-state index in [-0.39, 0.29) is 0 Å². The summed E-state index contributed by atoms with van der Waals surface area (Å²) in [6, 6.07) is 13.2. The lowest BCUT2D eigenvalue weighted by Crippen LogP contribution is -1.95. The van der Waals surface area contributed by atoms with Gasteiger partial charge in [0.15, 0.2) is 0 Å². The molecule has 0 amide bonds. The zero-order valence-electron chi connectivity index (χ0n) is 17.0. The highest BCUT2D eigenvalue weighted by Gasteiger charge is 2.23. The standard InChI is InChI=1S/C25H22N2S2/c1-5-21-20(13-15(3)29-21)23-18-9-7-11-27-25(18)24-17(8-6-10-26-24)22(23)19-12-14(2)28-16(19)4/h6-13H,5H2,1-4H3. The molecule has 2 nitrogen and oxygen atoms in total. The number of benzene rings is 1. The van der Waals surface area contributed by atoms with E-state index in [2.05, 4.69) is 52.0 Å². The van der Waals surface area contributed by atoms with Crippen LogP contribution in [0.3, 0.4) is 0 Å². The molecule has 1 aromatic carbocycles. The first-order valence-electron chi connectivity index (χ1n) is 9.91. The van der Waals surface area contributed by atoms with Gasteiger partial charge in [0.2, 0.25) is 0 Å². The average Bonchev–Trinajstić information content (AvgIpc) is 3.27. The van der Waals surface area contributed by atoms with Crippen molar-refractivity contribution in [1.29, 1.82) is 0 Å². The number of thiophene rings is 2. The zero-order valence-corrected chi connectivity index (χ0v) is 18.7. The van der Waals surface area contributed by atoms with E-state index in [1.807, 2.05) is 47.2 Å². The molecule has 4 heteroatoms. The molecule has 4 aromatic heterocycles. The highest BCUT2D eigenvalue weighted by atomic mass is 32.1. The van der Waals surface area contributed by atoms with Crippen molar-refractivity contribution in [3.63, 3.8) is 0 Å². The Hall–Kier alpha value is -2.56. The van der Waals surface area contributed by atoms with Crippen LogP contribution in [-0.2, 0) is 6.42 Å². The fraction of sp³-hybridized carbons (Fsp3) is 0.200. The third-order valence-corrected chi connectivity index (χ3v) is 7.62. The highest BCUT2D eigenvalue weighted by molar-refractivity contribution is 7.12. The van der Waals surface area contributed by atoms with Gasteiger partial charge in [-0.2, -0.15) is 0 Å². The van der Waals surface area contributed by atoms with Crippen LogP contribution in [0.25, 0.3) is 44.1 Å². The number of fused-ring (bicyclic) bond motifs is 3. The second-order valence-electron chi connectivity index (χ2n) is 7.42. The number of rotatable bonds is 3. The van der Waals surface area contributed by atoms with Crippen molar-refractivity contribution in [1.82, 2.24) is 9.97 Å². The SMILES string of the molecule is CCc1sc(C)cc1-c1c(-c2cc(C)sc2C)c2cccnc2c2ncccc12. The Labute approximate surface area is 178 Å². The quantitative estimate of drug-likeness (QED) is 0.282. The summed E-state index contributed by atoms with van der Waals surface area (Å²) < 4.78 is 0. The molecule has 0 aliphatic heterocycles. The number of nitrogens with zero attached hydrogens (tertiary/aromatic N) is 2. The molecule has 0 aliphatic rings. The molecule has 0 fully saturated rings. The first-order valence-corrected chi connectivity index (χ1v) is 11.5. The van der Waals surface area contributed by atoms with Crippen LogP contribution in [-0.4, -0.2) is 9.97 Å². The van der Waals surface area contributed by atoms with Crippen LogP contribution < -0.4 is 0 Å². The second kappa shape index (κ2) is 7.05. The van der Waals surface area contributed by atoms with Gasteiger partial charge in [0.1, 0.15) is 0 Å². The molecule has 0 radical (unpaired) electrons. The fourth-order valence-corrected chi connectivity index (χ4v) is 6.25. The minimum absolute atomic E-state index is 0.982. The number of pyridine rings is 2. The highest BCUT2D eigenvalue weighted by Crippen LogP contribution is 2.47. The van der Waals surface area contributed by atoms with E-state index in [1.165, 1.54) is 52.5 Å². The van der Waals surface area contributed by atoms with E-state index < -0.39 is 0 Å². The lowest BCUT2D eigenvalue weighted by molar-refractivity contribution is 1.19. The molecule has 144 valence electrons. The Balaban J connectivity index is 2.06. The van der Waals surface area contributed by atoms with Gasteiger partial charge >= 0.3 is 0 Å². The summed E-state index contributed by atoms with van der Waals surface area (Å²) in [7, 11) is 0. The van der Waals surface area contributed by atoms with Gasteiger partial charge in [-0.25, -0.2) is 0 Å². The lowest BCUT2D eigenvalue weighted by atomic mass is 9.87. The van der Waals surface area contributed by atoms with Gasteiger partial charge in [-0.3, -0.25) is 9.97 Å². The van der Waals surface area contributed by atoms with E-state index in [9.17, 15) is 0 Å². The van der Waals surface area contributed by atoms with Crippen LogP contribution in [0.2, 0.25) is 0 Å². The Kier molecular flexibility index (Phi) is 4.49. The molecule has 0 bridgehead atoms. The van der Waals surface area contributed by atoms with Crippen LogP contribution in [0.1, 0.15) is 26.4 Å². The van der Waals surface area contributed by atoms with Crippen LogP contribution in [0.15, 0.2) is 48.8 Å². The van der Waals surface area contributed by atoms with Crippen LogP contribution >= 0.6 is 22.7 Å². The summed E-state index contributed by atoms with van der Waals surface area (Å²) in [4.78, 5) is 15.0. The molecule has 4 heterocycles. The third kappa shape index (κ3) is 2.90. The monoisotopic (exact) mass is 414 g/mol. The molecule has 0 unspecified atom stereocenters. The summed E-state index contributed by atoms with van der Waals surface area (Å²) in [5.74, 6) is 0. The van der Waals surface area contributed by atoms with E-state index in [0.717, 1.165) is 17.5 Å². The molecule has 5 rings (SSSR count). The molecule has 0 saturated carbocycles. The number of aryl methyl sites for hydroxylation is 4. The minimum atomic E-state index is 0.982. The van der Waals surface area contributed by atoms with Crippen molar-refractivity contribution in [2.75, 3.05) is 0 Å². The van der Waals surface area contributed by atoms with Gasteiger partial charge in [0.25, 0.3) is 0 Å². The van der Waals surface area contributed by atoms with Crippen molar-refractivity contribution in [2.24, 2.45) is 0 Å². The minimum Gasteiger partial charge on any atom is -0.254 e. The molecule has 0 spiro atoms. The van der Waals surface area contributed by atoms with E-state index in [0.29, 0.717) is 0 Å². The Morgan fingerprint density at radius 2 is 1.31 bits per heavy atom. The second-order valence-corrected chi connectivity index (χ2v) is 10.2. The molecular weight excluding hydrogens is 392 g/mol. The first kappa shape index (κ1) is 18.5. The molecule has 0 N–H and O–H groups in total. The molecule has 5 aromatic rings. The van der Waals surface area contributed by atoms with Crippen LogP contribution in [0, 0.1) is 20.8 Å². The maximum Gasteiger partial charge on any atom is 0.0971 e. The molecular formula is C25H22N2S2. The van der Waals surface area contributed by atoms with E-state index in [1.54, 1.807) is 0 Å². The molecule has 29 heavy (non-hydrogen) atoms. The predicted molar refractivity (Wildman–Crippen MR) is 127 cm³/mol. The van der Waals surface area contributed by atoms with Gasteiger partial charge in [-0.1, -0.05) is 19.1 Å². The summed E-state index contributed by atoms with van der Waals surface area (Å²) in [6.07, 6.45) is 4.78. The first-order chi connectivity index (χ1) is 14.1. The summed E-state index contributed by atoms with van der Waals surface area (Å²) in [5, 5.41) is 2.37. The zero-order chi connectivity index (χ0) is 20.1. The summed E-state index contributed by atoms with van der Waals surface area (Å²) >= 11 is 3.77. The van der Waals surface area contributed by atoms with Gasteiger partial charge in [0, 0.05) is 53.8 Å². The Morgan fingerprint density at radius 3 is 1.86 bits per heavy atom. The largest absolute Gasteiger partial charge is 0.254 e. The van der Waals surface area contributed by atoms with Crippen molar-refractivity contribution < 1.29 is 0 Å². The lowest BCUT2D eigenvalue weighted by Gasteiger charge is -2.17. The van der Waals surface area contributed by atoms with Crippen LogP contribution in [0.4, 0.5) is 0 Å². The van der Waals surface area contributed by atoms with E-state index in [4.69, 9.17) is 9.97 Å². The molecule has 0 saturated heterocycles. The normalized spacial score (nSPS) is 11.6. The van der Waals surface area contributed by atoms with Gasteiger partial charge in [0.05, 0.1) is 11.0 Å². The third-order valence-electron chi connectivity index (χ3n) is 5.46. The number of hydrogen-bond acceptors (Lipinski definition) is 4. The van der Waals surface area contributed by atoms with Crippen molar-refractivity contribution in [3.05, 3.63) is 68.3 Å². The van der Waals surface area contributed by atoms with E-state index >= 15 is 0 Å². The van der Waals surface area contributed by atoms with Crippen molar-refractivity contribution >= 4 is 44.5 Å². The number of hydrogen-bond donors (Lipinski definition) is 0. The Bertz CT molecular complexity index is 1370. The number of aromatic nitrogens is 2. The summed E-state index contributed by atoms with van der Waals surface area (Å²) in [6.45, 7) is 8.87. The van der Waals surface area contributed by atoms with Crippen LogP contribution in [0.5, 0.6) is 0 Å². The molecule has 0 aliphatic carbocycles. The summed E-state index contributed by atoms with van der Waals surface area (Å²) in [5.41, 5.74) is 7.22. The predicted octanol–water partition coefficient (Wildman–Crippen LogP) is 7.73. The smallest absolute Gasteiger partial charge is 0.0971 e. The van der Waals surface area contributed by atoms with Crippen molar-refractivity contribution in [3.8, 4) is 22.3 Å². The van der Waals surface area contributed by atoms with Gasteiger partial charge in [-0.05, 0) is 62.6 Å². The maximum absolute atomic E-state index is 4.76. The molecule has 0 atom stereocenters. The topological polar surface area (TPSA) is 25.8 Å². The maximum atomic E-state index is 4.76. The van der Waals surface area contributed by atoms with Crippen molar-refractivity contribution in [2.45, 2.75) is 34.1 Å². The van der Waals surface area contributed by atoms with Gasteiger partial charge in [-0.15, -0.1) is 22.7 Å².